The summed E-state index contributed by atoms with van der Waals surface area (Å²) in [6, 6.07) is 10.1. The summed E-state index contributed by atoms with van der Waals surface area (Å²) >= 11 is 1.65. The lowest BCUT2D eigenvalue weighted by molar-refractivity contribution is -0.125. The van der Waals surface area contributed by atoms with Gasteiger partial charge in [-0.25, -0.2) is 0 Å². The second kappa shape index (κ2) is 6.52. The molecule has 1 aliphatic heterocycles. The minimum Gasteiger partial charge on any atom is -0.366 e. The molecular weight excluding hydrogens is 332 g/mol. The number of primary amides is 1. The van der Waals surface area contributed by atoms with Gasteiger partial charge in [0.05, 0.1) is 16.0 Å². The first kappa shape index (κ1) is 16.7. The van der Waals surface area contributed by atoms with Gasteiger partial charge in [0.25, 0.3) is 0 Å². The fourth-order valence-corrected chi connectivity index (χ4v) is 6.33. The van der Waals surface area contributed by atoms with Crippen LogP contribution in [0.15, 0.2) is 40.9 Å². The summed E-state index contributed by atoms with van der Waals surface area (Å²) in [5.41, 5.74) is 6.91. The third-order valence-electron chi connectivity index (χ3n) is 6.05. The van der Waals surface area contributed by atoms with E-state index in [4.69, 9.17) is 5.73 Å². The van der Waals surface area contributed by atoms with Gasteiger partial charge in [0.15, 0.2) is 0 Å². The lowest BCUT2D eigenvalue weighted by Crippen LogP contribution is -2.42. The molecule has 2 atom stereocenters. The molecule has 0 bridgehead atoms. The Morgan fingerprint density at radius 1 is 1.08 bits per heavy atom. The molecule has 2 amide bonds. The van der Waals surface area contributed by atoms with E-state index in [1.54, 1.807) is 11.8 Å². The van der Waals surface area contributed by atoms with Crippen molar-refractivity contribution in [3.8, 4) is 0 Å². The molecule has 0 radical (unpaired) electrons. The summed E-state index contributed by atoms with van der Waals surface area (Å²) in [5.74, 6) is -0.135. The van der Waals surface area contributed by atoms with Crippen LogP contribution in [0, 0.1) is 5.92 Å². The molecule has 1 aromatic carbocycles. The van der Waals surface area contributed by atoms with Crippen LogP contribution in [0.5, 0.6) is 0 Å². The van der Waals surface area contributed by atoms with Crippen LogP contribution < -0.4 is 11.1 Å². The molecule has 2 aliphatic carbocycles. The van der Waals surface area contributed by atoms with Crippen LogP contribution in [-0.2, 0) is 15.0 Å². The van der Waals surface area contributed by atoms with Gasteiger partial charge in [-0.05, 0) is 31.2 Å². The standard InChI is InChI=1S/C20H24N2O2S/c21-17(23)16-14-9-6-10-15(14)25-18(16)22-19(24)20(11-4-5-12-20)13-7-2-1-3-8-13/h1-3,7-8,14-15H,4-6,9-12H2,(H2,21,23)(H,22,24)/t14-,15+/m1/s1. The normalized spacial score (nSPS) is 27.4. The number of hydrogen-bond acceptors (Lipinski definition) is 3. The van der Waals surface area contributed by atoms with Gasteiger partial charge < -0.3 is 11.1 Å². The van der Waals surface area contributed by atoms with Crippen molar-refractivity contribution in [2.45, 2.75) is 55.6 Å². The minimum absolute atomic E-state index is 0.0254. The molecule has 0 unspecified atom stereocenters. The summed E-state index contributed by atoms with van der Waals surface area (Å²) in [6.45, 7) is 0. The molecule has 0 saturated heterocycles. The number of fused-ring (bicyclic) bond motifs is 1. The Morgan fingerprint density at radius 3 is 2.48 bits per heavy atom. The van der Waals surface area contributed by atoms with Crippen molar-refractivity contribution in [3.63, 3.8) is 0 Å². The van der Waals surface area contributed by atoms with E-state index < -0.39 is 5.41 Å². The van der Waals surface area contributed by atoms with E-state index in [1.807, 2.05) is 30.3 Å². The van der Waals surface area contributed by atoms with Gasteiger partial charge in [-0.15, -0.1) is 11.8 Å². The molecule has 2 saturated carbocycles. The highest BCUT2D eigenvalue weighted by atomic mass is 32.2. The molecular formula is C20H24N2O2S. The van der Waals surface area contributed by atoms with Crippen molar-refractivity contribution >= 4 is 23.6 Å². The number of carbonyl (C=O) groups excluding carboxylic acids is 2. The predicted octanol–water partition coefficient (Wildman–Crippen LogP) is 3.23. The van der Waals surface area contributed by atoms with Gasteiger partial charge in [0, 0.05) is 11.2 Å². The number of rotatable bonds is 4. The van der Waals surface area contributed by atoms with Crippen LogP contribution in [0.4, 0.5) is 0 Å². The third kappa shape index (κ3) is 2.78. The van der Waals surface area contributed by atoms with Crippen LogP contribution in [0.1, 0.15) is 50.5 Å². The van der Waals surface area contributed by atoms with E-state index in [-0.39, 0.29) is 17.7 Å². The number of nitrogens with two attached hydrogens (primary N) is 1. The molecule has 1 aromatic rings. The van der Waals surface area contributed by atoms with Gasteiger partial charge in [-0.3, -0.25) is 9.59 Å². The molecule has 2 fully saturated rings. The fraction of sp³-hybridized carbons (Fsp3) is 0.500. The number of benzene rings is 1. The van der Waals surface area contributed by atoms with Gasteiger partial charge in [-0.1, -0.05) is 49.6 Å². The lowest BCUT2D eigenvalue weighted by Gasteiger charge is -2.28. The molecule has 0 spiro atoms. The summed E-state index contributed by atoms with van der Waals surface area (Å²) in [6.07, 6.45) is 7.06. The highest BCUT2D eigenvalue weighted by Crippen LogP contribution is 2.50. The Balaban J connectivity index is 1.64. The van der Waals surface area contributed by atoms with Gasteiger partial charge in [0.2, 0.25) is 11.8 Å². The Bertz CT molecular complexity index is 722. The Labute approximate surface area is 152 Å². The summed E-state index contributed by atoms with van der Waals surface area (Å²) < 4.78 is 0. The van der Waals surface area contributed by atoms with Crippen molar-refractivity contribution in [2.24, 2.45) is 11.7 Å². The predicted molar refractivity (Wildman–Crippen MR) is 99.7 cm³/mol. The van der Waals surface area contributed by atoms with E-state index in [1.165, 1.54) is 0 Å². The van der Waals surface area contributed by atoms with Crippen LogP contribution in [0.2, 0.25) is 0 Å². The van der Waals surface area contributed by atoms with Crippen LogP contribution in [0.25, 0.3) is 0 Å². The lowest BCUT2D eigenvalue weighted by atomic mass is 9.78. The second-order valence-electron chi connectivity index (χ2n) is 7.41. The summed E-state index contributed by atoms with van der Waals surface area (Å²) in [7, 11) is 0. The molecule has 4 nitrogen and oxygen atoms in total. The van der Waals surface area contributed by atoms with Crippen LogP contribution in [-0.4, -0.2) is 17.1 Å². The van der Waals surface area contributed by atoms with Crippen LogP contribution in [0.3, 0.4) is 0 Å². The first-order chi connectivity index (χ1) is 12.1. The maximum Gasteiger partial charge on any atom is 0.247 e. The topological polar surface area (TPSA) is 72.2 Å². The van der Waals surface area contributed by atoms with Crippen molar-refractivity contribution in [3.05, 3.63) is 46.5 Å². The minimum atomic E-state index is -0.477. The quantitative estimate of drug-likeness (QED) is 0.870. The largest absolute Gasteiger partial charge is 0.366 e. The van der Waals surface area contributed by atoms with Crippen molar-refractivity contribution in [1.29, 1.82) is 0 Å². The zero-order valence-corrected chi connectivity index (χ0v) is 15.1. The van der Waals surface area contributed by atoms with E-state index in [0.29, 0.717) is 10.8 Å². The zero-order chi connectivity index (χ0) is 17.4. The first-order valence-electron chi connectivity index (χ1n) is 9.19. The maximum atomic E-state index is 13.3. The van der Waals surface area contributed by atoms with Gasteiger partial charge in [-0.2, -0.15) is 0 Å². The molecule has 5 heteroatoms. The van der Waals surface area contributed by atoms with E-state index in [0.717, 1.165) is 55.5 Å². The summed E-state index contributed by atoms with van der Waals surface area (Å²) in [4.78, 5) is 25.3. The average molecular weight is 356 g/mol. The molecule has 4 rings (SSSR count). The highest BCUT2D eigenvalue weighted by Gasteiger charge is 2.46. The van der Waals surface area contributed by atoms with Crippen molar-refractivity contribution in [2.75, 3.05) is 0 Å². The van der Waals surface area contributed by atoms with Gasteiger partial charge in [0.1, 0.15) is 0 Å². The number of nitrogens with one attached hydrogen (secondary N) is 1. The Hall–Kier alpha value is -1.75. The molecule has 25 heavy (non-hydrogen) atoms. The number of carbonyl (C=O) groups is 2. The second-order valence-corrected chi connectivity index (χ2v) is 8.66. The SMILES string of the molecule is NC(=O)C1=C(NC(=O)C2(c3ccccc3)CCCC2)S[C@H]2CCC[C@@H]12. The highest BCUT2D eigenvalue weighted by molar-refractivity contribution is 8.04. The van der Waals surface area contributed by atoms with Gasteiger partial charge >= 0.3 is 0 Å². The Kier molecular flexibility index (Phi) is 4.36. The van der Waals surface area contributed by atoms with E-state index >= 15 is 0 Å². The molecule has 0 aromatic heterocycles. The zero-order valence-electron chi connectivity index (χ0n) is 14.3. The number of thioether (sulfide) groups is 1. The fourth-order valence-electron chi connectivity index (χ4n) is 4.78. The molecule has 132 valence electrons. The number of hydrogen-bond donors (Lipinski definition) is 2. The number of amides is 2. The van der Waals surface area contributed by atoms with Crippen molar-refractivity contribution < 1.29 is 9.59 Å². The van der Waals surface area contributed by atoms with Crippen molar-refractivity contribution in [1.82, 2.24) is 5.32 Å². The third-order valence-corrected chi connectivity index (χ3v) is 7.47. The van der Waals surface area contributed by atoms with E-state index in [9.17, 15) is 9.59 Å². The Morgan fingerprint density at radius 2 is 1.80 bits per heavy atom. The average Bonchev–Trinajstić information content (AvgIpc) is 3.31. The monoisotopic (exact) mass is 356 g/mol. The maximum absolute atomic E-state index is 13.3. The first-order valence-corrected chi connectivity index (χ1v) is 10.1. The van der Waals surface area contributed by atoms with E-state index in [2.05, 4.69) is 5.32 Å². The molecule has 3 N–H and O–H groups in total. The van der Waals surface area contributed by atoms with Crippen LogP contribution >= 0.6 is 11.8 Å². The molecule has 3 aliphatic rings. The smallest absolute Gasteiger partial charge is 0.247 e. The summed E-state index contributed by atoms with van der Waals surface area (Å²) in [5, 5.41) is 4.24. The molecule has 1 heterocycles.